The second kappa shape index (κ2) is 4.23. The molecule has 0 radical (unpaired) electrons. The Balaban J connectivity index is 2.34. The van der Waals surface area contributed by atoms with Gasteiger partial charge in [0, 0.05) is 11.8 Å². The Morgan fingerprint density at radius 2 is 1.78 bits per heavy atom. The fourth-order valence-electron chi connectivity index (χ4n) is 2.02. The number of pyridine rings is 1. The van der Waals surface area contributed by atoms with Gasteiger partial charge in [0.2, 0.25) is 0 Å². The lowest BCUT2D eigenvalue weighted by atomic mass is 10.1. The fourth-order valence-corrected chi connectivity index (χ4v) is 2.16. The highest BCUT2D eigenvalue weighted by atomic mass is 32.1. The molecule has 18 heavy (non-hydrogen) atoms. The molecule has 2 heterocycles. The molecule has 0 spiro atoms. The first kappa shape index (κ1) is 10.9. The van der Waals surface area contributed by atoms with Gasteiger partial charge in [-0.3, -0.25) is 4.40 Å². The Bertz CT molecular complexity index is 716. The van der Waals surface area contributed by atoms with E-state index in [2.05, 4.69) is 4.98 Å². The summed E-state index contributed by atoms with van der Waals surface area (Å²) >= 11 is 5.05. The number of thiocarbonyl (C=S) groups is 1. The predicted octanol–water partition coefficient (Wildman–Crippen LogP) is 2.64. The number of hydrogen-bond donors (Lipinski definition) is 1. The minimum Gasteiger partial charge on any atom is -0.387 e. The largest absolute Gasteiger partial charge is 0.387 e. The number of imidazole rings is 1. The molecule has 88 valence electrons. The van der Waals surface area contributed by atoms with Gasteiger partial charge in [0.1, 0.15) is 4.99 Å². The number of fused-ring (bicyclic) bond motifs is 1. The predicted molar refractivity (Wildman–Crippen MR) is 76.5 cm³/mol. The third-order valence-electron chi connectivity index (χ3n) is 2.82. The third-order valence-corrected chi connectivity index (χ3v) is 3.00. The normalized spacial score (nSPS) is 10.7. The molecule has 0 fully saturated rings. The van der Waals surface area contributed by atoms with Gasteiger partial charge < -0.3 is 5.73 Å². The molecular formula is C14H11N3S. The first-order valence-corrected chi connectivity index (χ1v) is 6.00. The summed E-state index contributed by atoms with van der Waals surface area (Å²) < 4.78 is 1.92. The molecular weight excluding hydrogens is 242 g/mol. The van der Waals surface area contributed by atoms with Crippen LogP contribution in [0.2, 0.25) is 0 Å². The average molecular weight is 253 g/mol. The average Bonchev–Trinajstić information content (AvgIpc) is 2.79. The van der Waals surface area contributed by atoms with Gasteiger partial charge in [-0.25, -0.2) is 4.98 Å². The minimum atomic E-state index is 0.304. The number of nitrogens with two attached hydrogens (primary N) is 1. The smallest absolute Gasteiger partial charge is 0.172 e. The first-order chi connectivity index (χ1) is 8.77. The second-order valence-corrected chi connectivity index (χ2v) is 4.41. The molecule has 1 aromatic carbocycles. The van der Waals surface area contributed by atoms with Gasteiger partial charge in [0.15, 0.2) is 5.82 Å². The molecule has 0 bridgehead atoms. The van der Waals surface area contributed by atoms with E-state index in [0.29, 0.717) is 10.8 Å². The zero-order valence-corrected chi connectivity index (χ0v) is 10.4. The monoisotopic (exact) mass is 253 g/mol. The van der Waals surface area contributed by atoms with Crippen molar-refractivity contribution in [2.45, 2.75) is 0 Å². The summed E-state index contributed by atoms with van der Waals surface area (Å²) in [6, 6.07) is 15.9. The number of rotatable bonds is 2. The highest BCUT2D eigenvalue weighted by Gasteiger charge is 2.13. The van der Waals surface area contributed by atoms with Crippen LogP contribution < -0.4 is 5.73 Å². The van der Waals surface area contributed by atoms with Crippen molar-refractivity contribution in [1.29, 1.82) is 0 Å². The van der Waals surface area contributed by atoms with Crippen LogP contribution >= 0.6 is 12.2 Å². The Hall–Kier alpha value is -2.20. The molecule has 0 saturated heterocycles. The highest BCUT2D eigenvalue weighted by molar-refractivity contribution is 7.80. The van der Waals surface area contributed by atoms with Crippen molar-refractivity contribution in [2.75, 3.05) is 0 Å². The highest BCUT2D eigenvalue weighted by Crippen LogP contribution is 2.24. The van der Waals surface area contributed by atoms with Crippen LogP contribution in [0.1, 0.15) is 5.82 Å². The van der Waals surface area contributed by atoms with Crippen molar-refractivity contribution in [1.82, 2.24) is 9.38 Å². The maximum Gasteiger partial charge on any atom is 0.172 e. The van der Waals surface area contributed by atoms with Gasteiger partial charge in [0.25, 0.3) is 0 Å². The lowest BCUT2D eigenvalue weighted by Gasteiger charge is -1.98. The van der Waals surface area contributed by atoms with E-state index >= 15 is 0 Å². The van der Waals surface area contributed by atoms with Gasteiger partial charge in [-0.1, -0.05) is 48.6 Å². The lowest BCUT2D eigenvalue weighted by molar-refractivity contribution is 1.12. The Kier molecular flexibility index (Phi) is 2.57. The van der Waals surface area contributed by atoms with E-state index in [1.54, 1.807) is 0 Å². The Morgan fingerprint density at radius 1 is 1.06 bits per heavy atom. The summed E-state index contributed by atoms with van der Waals surface area (Å²) in [6.07, 6.45) is 1.92. The molecule has 0 saturated carbocycles. The van der Waals surface area contributed by atoms with Gasteiger partial charge in [0.05, 0.1) is 11.2 Å². The van der Waals surface area contributed by atoms with E-state index in [9.17, 15) is 0 Å². The number of nitrogens with zero attached hydrogens (tertiary/aromatic N) is 2. The standard InChI is InChI=1S/C14H11N3S/c15-13(18)14-16-12(10-6-2-1-3-7-10)11-8-4-5-9-17(11)14/h1-9H,(H2,15,18). The maximum atomic E-state index is 5.72. The molecule has 0 aliphatic rings. The van der Waals surface area contributed by atoms with Crippen molar-refractivity contribution in [3.05, 3.63) is 60.6 Å². The summed E-state index contributed by atoms with van der Waals surface area (Å²) in [6.45, 7) is 0. The van der Waals surface area contributed by atoms with Crippen LogP contribution in [0.15, 0.2) is 54.7 Å². The zero-order valence-electron chi connectivity index (χ0n) is 9.58. The SMILES string of the molecule is NC(=S)c1nc(-c2ccccc2)c2ccccn12. The van der Waals surface area contributed by atoms with Crippen molar-refractivity contribution in [2.24, 2.45) is 5.73 Å². The molecule has 0 aliphatic heterocycles. The van der Waals surface area contributed by atoms with Crippen LogP contribution in [0.25, 0.3) is 16.8 Å². The van der Waals surface area contributed by atoms with Crippen LogP contribution in [-0.2, 0) is 0 Å². The van der Waals surface area contributed by atoms with Crippen molar-refractivity contribution < 1.29 is 0 Å². The maximum absolute atomic E-state index is 5.72. The van der Waals surface area contributed by atoms with Gasteiger partial charge in [-0.05, 0) is 12.1 Å². The van der Waals surface area contributed by atoms with Crippen LogP contribution in [0.4, 0.5) is 0 Å². The van der Waals surface area contributed by atoms with Gasteiger partial charge in [-0.15, -0.1) is 0 Å². The molecule has 0 atom stereocenters. The van der Waals surface area contributed by atoms with E-state index in [1.165, 1.54) is 0 Å². The van der Waals surface area contributed by atoms with E-state index in [-0.39, 0.29) is 0 Å². The number of aromatic nitrogens is 2. The molecule has 2 aromatic heterocycles. The molecule has 0 amide bonds. The number of hydrogen-bond acceptors (Lipinski definition) is 2. The molecule has 0 unspecified atom stereocenters. The third kappa shape index (κ3) is 1.67. The topological polar surface area (TPSA) is 43.3 Å². The molecule has 3 aromatic rings. The summed E-state index contributed by atoms with van der Waals surface area (Å²) in [5, 5.41) is 0. The van der Waals surface area contributed by atoms with E-state index in [4.69, 9.17) is 18.0 Å². The van der Waals surface area contributed by atoms with E-state index in [0.717, 1.165) is 16.8 Å². The van der Waals surface area contributed by atoms with Gasteiger partial charge >= 0.3 is 0 Å². The minimum absolute atomic E-state index is 0.304. The van der Waals surface area contributed by atoms with Crippen LogP contribution in [0, 0.1) is 0 Å². The molecule has 0 aliphatic carbocycles. The van der Waals surface area contributed by atoms with Crippen molar-refractivity contribution >= 4 is 22.7 Å². The van der Waals surface area contributed by atoms with E-state index in [1.807, 2.05) is 59.1 Å². The van der Waals surface area contributed by atoms with Gasteiger partial charge in [-0.2, -0.15) is 0 Å². The van der Waals surface area contributed by atoms with Crippen LogP contribution in [0.3, 0.4) is 0 Å². The Morgan fingerprint density at radius 3 is 2.50 bits per heavy atom. The van der Waals surface area contributed by atoms with E-state index < -0.39 is 0 Å². The van der Waals surface area contributed by atoms with Crippen LogP contribution in [0.5, 0.6) is 0 Å². The van der Waals surface area contributed by atoms with Crippen molar-refractivity contribution in [3.63, 3.8) is 0 Å². The Labute approximate surface area is 110 Å². The summed E-state index contributed by atoms with van der Waals surface area (Å²) in [4.78, 5) is 4.86. The summed E-state index contributed by atoms with van der Waals surface area (Å²) in [5.74, 6) is 0.624. The molecule has 3 rings (SSSR count). The molecule has 3 nitrogen and oxygen atoms in total. The summed E-state index contributed by atoms with van der Waals surface area (Å²) in [7, 11) is 0. The lowest BCUT2D eigenvalue weighted by Crippen LogP contribution is -2.13. The second-order valence-electron chi connectivity index (χ2n) is 3.97. The first-order valence-electron chi connectivity index (χ1n) is 5.59. The summed E-state index contributed by atoms with van der Waals surface area (Å²) in [5.41, 5.74) is 8.69. The quantitative estimate of drug-likeness (QED) is 0.714. The van der Waals surface area contributed by atoms with Crippen LogP contribution in [-0.4, -0.2) is 14.4 Å². The number of benzene rings is 1. The molecule has 4 heteroatoms. The zero-order chi connectivity index (χ0) is 12.5. The van der Waals surface area contributed by atoms with Crippen molar-refractivity contribution in [3.8, 4) is 11.3 Å². The fraction of sp³-hybridized carbons (Fsp3) is 0. The molecule has 2 N–H and O–H groups in total.